The molecule has 138 valence electrons. The average molecular weight is 530 g/mol. The van der Waals surface area contributed by atoms with Gasteiger partial charge in [0.25, 0.3) is 11.6 Å². The molecule has 0 spiro atoms. The third-order valence-electron chi connectivity index (χ3n) is 3.62. The Bertz CT molecular complexity index is 1010. The minimum atomic E-state index is -0.513. The van der Waals surface area contributed by atoms with E-state index in [9.17, 15) is 14.9 Å². The Morgan fingerprint density at radius 1 is 1.30 bits per heavy atom. The molecule has 0 bridgehead atoms. The zero-order valence-corrected chi connectivity index (χ0v) is 18.4. The standard InChI is InChI=1S/C17H10Br2N2O4S2/c1-25-15-9(5-10(18)7-13(15)19)6-14-16(22)20(17(26)27-14)11-3-2-4-12(8-11)21(23)24/h2-8H,1H3/b14-6-. The molecule has 10 heteroatoms. The van der Waals surface area contributed by atoms with Crippen LogP contribution < -0.4 is 9.64 Å². The number of methoxy groups -OCH3 is 1. The van der Waals surface area contributed by atoms with Crippen molar-refractivity contribution < 1.29 is 14.5 Å². The molecule has 1 aliphatic heterocycles. The predicted molar refractivity (Wildman–Crippen MR) is 117 cm³/mol. The number of amides is 1. The highest BCUT2D eigenvalue weighted by atomic mass is 79.9. The number of thiocarbonyl (C=S) groups is 1. The molecule has 0 radical (unpaired) electrons. The monoisotopic (exact) mass is 528 g/mol. The summed E-state index contributed by atoms with van der Waals surface area (Å²) in [5.41, 5.74) is 0.943. The Morgan fingerprint density at radius 3 is 2.70 bits per heavy atom. The highest BCUT2D eigenvalue weighted by Crippen LogP contribution is 2.40. The number of nitrogens with zero attached hydrogens (tertiary/aromatic N) is 2. The maximum atomic E-state index is 12.9. The summed E-state index contributed by atoms with van der Waals surface area (Å²) >= 11 is 13.3. The maximum absolute atomic E-state index is 12.9. The van der Waals surface area contributed by atoms with Crippen LogP contribution in [0.15, 0.2) is 50.2 Å². The van der Waals surface area contributed by atoms with Crippen molar-refractivity contribution in [1.29, 1.82) is 0 Å². The van der Waals surface area contributed by atoms with Crippen LogP contribution in [0.4, 0.5) is 11.4 Å². The number of thioether (sulfide) groups is 1. The van der Waals surface area contributed by atoms with Crippen molar-refractivity contribution in [3.8, 4) is 5.75 Å². The minimum Gasteiger partial charge on any atom is -0.495 e. The Kier molecular flexibility index (Phi) is 5.99. The first-order valence-corrected chi connectivity index (χ1v) is 10.2. The molecule has 1 saturated heterocycles. The van der Waals surface area contributed by atoms with Gasteiger partial charge >= 0.3 is 0 Å². The van der Waals surface area contributed by atoms with Crippen LogP contribution in [0.2, 0.25) is 0 Å². The second-order valence-corrected chi connectivity index (χ2v) is 8.75. The SMILES string of the molecule is COc1c(Br)cc(Br)cc1/C=C1\SC(=S)N(c2cccc([N+](=O)[O-])c2)C1=O. The number of rotatable bonds is 4. The van der Waals surface area contributed by atoms with Gasteiger partial charge in [-0.3, -0.25) is 19.8 Å². The van der Waals surface area contributed by atoms with Crippen LogP contribution in [0.1, 0.15) is 5.56 Å². The number of ether oxygens (including phenoxy) is 1. The van der Waals surface area contributed by atoms with E-state index in [1.54, 1.807) is 19.3 Å². The predicted octanol–water partition coefficient (Wildman–Crippen LogP) is 5.53. The van der Waals surface area contributed by atoms with Crippen molar-refractivity contribution in [1.82, 2.24) is 0 Å². The fourth-order valence-corrected chi connectivity index (χ4v) is 5.19. The van der Waals surface area contributed by atoms with Crippen molar-refractivity contribution in [3.05, 3.63) is 65.9 Å². The fraction of sp³-hybridized carbons (Fsp3) is 0.0588. The lowest BCUT2D eigenvalue weighted by atomic mass is 10.2. The Labute approximate surface area is 181 Å². The molecule has 2 aromatic rings. The largest absolute Gasteiger partial charge is 0.495 e. The molecule has 0 aromatic heterocycles. The topological polar surface area (TPSA) is 72.7 Å². The van der Waals surface area contributed by atoms with E-state index in [1.165, 1.54) is 23.1 Å². The molecule has 3 rings (SSSR count). The molecule has 27 heavy (non-hydrogen) atoms. The van der Waals surface area contributed by atoms with Gasteiger partial charge in [0.15, 0.2) is 4.32 Å². The van der Waals surface area contributed by atoms with Crippen LogP contribution in [-0.2, 0) is 4.79 Å². The third kappa shape index (κ3) is 4.08. The quantitative estimate of drug-likeness (QED) is 0.224. The molecule has 0 N–H and O–H groups in total. The van der Waals surface area contributed by atoms with Gasteiger partial charge in [-0.05, 0) is 40.2 Å². The third-order valence-corrected chi connectivity index (χ3v) is 5.97. The van der Waals surface area contributed by atoms with Crippen LogP contribution in [0.3, 0.4) is 0 Å². The summed E-state index contributed by atoms with van der Waals surface area (Å²) < 4.78 is 7.26. The van der Waals surface area contributed by atoms with Gasteiger partial charge in [-0.2, -0.15) is 0 Å². The minimum absolute atomic E-state index is 0.108. The number of nitro benzene ring substituents is 1. The molecule has 0 atom stereocenters. The van der Waals surface area contributed by atoms with Gasteiger partial charge in [-0.25, -0.2) is 0 Å². The van der Waals surface area contributed by atoms with Crippen LogP contribution in [0, 0.1) is 10.1 Å². The summed E-state index contributed by atoms with van der Waals surface area (Å²) in [6.45, 7) is 0. The number of halogens is 2. The molecule has 1 amide bonds. The first-order chi connectivity index (χ1) is 12.8. The summed E-state index contributed by atoms with van der Waals surface area (Å²) in [4.78, 5) is 25.1. The number of non-ortho nitro benzene ring substituents is 1. The molecule has 6 nitrogen and oxygen atoms in total. The second kappa shape index (κ2) is 8.09. The number of carbonyl (C=O) groups is 1. The lowest BCUT2D eigenvalue weighted by molar-refractivity contribution is -0.384. The highest BCUT2D eigenvalue weighted by molar-refractivity contribution is 9.11. The summed E-state index contributed by atoms with van der Waals surface area (Å²) in [7, 11) is 1.54. The van der Waals surface area contributed by atoms with E-state index >= 15 is 0 Å². The first-order valence-electron chi connectivity index (χ1n) is 7.37. The number of nitro groups is 1. The number of carbonyl (C=O) groups excluding carboxylic acids is 1. The summed E-state index contributed by atoms with van der Waals surface area (Å²) in [5, 5.41) is 11.0. The zero-order valence-electron chi connectivity index (χ0n) is 13.6. The molecular weight excluding hydrogens is 520 g/mol. The molecule has 2 aromatic carbocycles. The highest BCUT2D eigenvalue weighted by Gasteiger charge is 2.34. The molecule has 1 fully saturated rings. The average Bonchev–Trinajstić information content (AvgIpc) is 2.88. The van der Waals surface area contributed by atoms with Crippen molar-refractivity contribution in [2.75, 3.05) is 12.0 Å². The van der Waals surface area contributed by atoms with E-state index in [-0.39, 0.29) is 11.6 Å². The van der Waals surface area contributed by atoms with E-state index in [0.29, 0.717) is 26.2 Å². The van der Waals surface area contributed by atoms with E-state index in [1.807, 2.05) is 12.1 Å². The van der Waals surface area contributed by atoms with Crippen molar-refractivity contribution in [2.45, 2.75) is 0 Å². The number of benzene rings is 2. The summed E-state index contributed by atoms with van der Waals surface area (Å²) in [5.74, 6) is 0.238. The first kappa shape index (κ1) is 20.0. The van der Waals surface area contributed by atoms with E-state index in [2.05, 4.69) is 31.9 Å². The van der Waals surface area contributed by atoms with E-state index in [0.717, 1.165) is 20.7 Å². The second-order valence-electron chi connectivity index (χ2n) is 5.30. The number of anilines is 1. The Balaban J connectivity index is 2.01. The van der Waals surface area contributed by atoms with Gasteiger partial charge in [0.2, 0.25) is 0 Å². The fourth-order valence-electron chi connectivity index (χ4n) is 2.48. The van der Waals surface area contributed by atoms with Gasteiger partial charge in [0, 0.05) is 22.2 Å². The van der Waals surface area contributed by atoms with Crippen molar-refractivity contribution in [2.24, 2.45) is 0 Å². The number of hydrogen-bond acceptors (Lipinski definition) is 6. The molecule has 0 saturated carbocycles. The number of hydrogen-bond donors (Lipinski definition) is 0. The molecular formula is C17H10Br2N2O4S2. The van der Waals surface area contributed by atoms with E-state index in [4.69, 9.17) is 17.0 Å². The zero-order chi connectivity index (χ0) is 19.7. The molecule has 0 unspecified atom stereocenters. The van der Waals surface area contributed by atoms with Gasteiger partial charge in [-0.15, -0.1) is 0 Å². The van der Waals surface area contributed by atoms with E-state index < -0.39 is 4.92 Å². The smallest absolute Gasteiger partial charge is 0.271 e. The van der Waals surface area contributed by atoms with Gasteiger partial charge in [0.05, 0.1) is 27.1 Å². The van der Waals surface area contributed by atoms with Crippen molar-refractivity contribution >= 4 is 83.5 Å². The van der Waals surface area contributed by atoms with Crippen LogP contribution in [0.25, 0.3) is 6.08 Å². The van der Waals surface area contributed by atoms with Crippen LogP contribution in [0.5, 0.6) is 5.75 Å². The molecule has 0 aliphatic carbocycles. The Morgan fingerprint density at radius 2 is 2.04 bits per heavy atom. The summed E-state index contributed by atoms with van der Waals surface area (Å²) in [6, 6.07) is 9.47. The summed E-state index contributed by atoms with van der Waals surface area (Å²) in [6.07, 6.45) is 1.69. The van der Waals surface area contributed by atoms with Crippen molar-refractivity contribution in [3.63, 3.8) is 0 Å². The normalized spacial score (nSPS) is 15.5. The van der Waals surface area contributed by atoms with Crippen LogP contribution >= 0.6 is 55.8 Å². The van der Waals surface area contributed by atoms with Gasteiger partial charge in [-0.1, -0.05) is 46.0 Å². The molecule has 1 heterocycles. The maximum Gasteiger partial charge on any atom is 0.271 e. The van der Waals surface area contributed by atoms with Crippen LogP contribution in [-0.4, -0.2) is 22.3 Å². The lowest BCUT2D eigenvalue weighted by Gasteiger charge is -2.14. The van der Waals surface area contributed by atoms with Gasteiger partial charge in [0.1, 0.15) is 5.75 Å². The van der Waals surface area contributed by atoms with Gasteiger partial charge < -0.3 is 4.74 Å². The Hall–Kier alpha value is -1.75. The lowest BCUT2D eigenvalue weighted by Crippen LogP contribution is -2.27. The molecule has 1 aliphatic rings.